The molecule has 5 N–H and O–H groups in total. The van der Waals surface area contributed by atoms with Crippen molar-refractivity contribution in [1.29, 1.82) is 0 Å². The van der Waals surface area contributed by atoms with Crippen LogP contribution in [0.2, 0.25) is 0 Å². The Morgan fingerprint density at radius 3 is 1.68 bits per heavy atom. The van der Waals surface area contributed by atoms with Gasteiger partial charge >= 0.3 is 0 Å². The Balaban J connectivity index is 3.47. The fraction of sp³-hybridized carbons (Fsp3) is 0.455. The summed E-state index contributed by atoms with van der Waals surface area (Å²) in [4.78, 5) is 0. The van der Waals surface area contributed by atoms with Crippen molar-refractivity contribution in [1.82, 2.24) is 0 Å². The maximum atomic E-state index is 9.83. The van der Waals surface area contributed by atoms with Gasteiger partial charge in [0.05, 0.1) is 21.3 Å². The van der Waals surface area contributed by atoms with Crippen LogP contribution in [0.4, 0.5) is 0 Å². The molecule has 1 unspecified atom stereocenters. The Labute approximate surface area is 111 Å². The molecule has 19 heavy (non-hydrogen) atoms. The fourth-order valence-corrected chi connectivity index (χ4v) is 1.51. The zero-order chi connectivity index (χ0) is 14.8. The molecule has 8 heteroatoms. The highest BCUT2D eigenvalue weighted by Crippen LogP contribution is 2.41. The van der Waals surface area contributed by atoms with Crippen LogP contribution >= 0.6 is 0 Å². The van der Waals surface area contributed by atoms with E-state index in [0.29, 0.717) is 0 Å². The van der Waals surface area contributed by atoms with E-state index in [0.717, 1.165) is 0 Å². The smallest absolute Gasteiger partial charge is 0.223 e. The number of hydrogen-bond donors (Lipinski definition) is 4. The number of benzene rings is 1. The summed E-state index contributed by atoms with van der Waals surface area (Å²) in [5.41, 5.74) is 2.14. The quantitative estimate of drug-likeness (QED) is 0.385. The summed E-state index contributed by atoms with van der Waals surface area (Å²) in [5, 5.41) is 29.1. The third-order valence-electron chi connectivity index (χ3n) is 2.63. The summed E-state index contributed by atoms with van der Waals surface area (Å²) in [6.45, 7) is 0. The van der Waals surface area contributed by atoms with Gasteiger partial charge in [-0.15, -0.1) is 0 Å². The summed E-state index contributed by atoms with van der Waals surface area (Å²) in [7, 11) is 9.23. The summed E-state index contributed by atoms with van der Waals surface area (Å²) < 4.78 is 15.1. The van der Waals surface area contributed by atoms with Gasteiger partial charge < -0.3 is 35.3 Å². The Morgan fingerprint density at radius 1 is 1.00 bits per heavy atom. The predicted octanol–water partition coefficient (Wildman–Crippen LogP) is -1.38. The number of hydrogen-bond acceptors (Lipinski definition) is 7. The summed E-state index contributed by atoms with van der Waals surface area (Å²) in [6, 6.07) is 2.43. The van der Waals surface area contributed by atoms with Crippen molar-refractivity contribution in [3.63, 3.8) is 0 Å². The number of ether oxygens (including phenoxy) is 3. The number of aliphatic hydroxyl groups is 3. The first-order valence-corrected chi connectivity index (χ1v) is 5.24. The molecule has 0 heterocycles. The van der Waals surface area contributed by atoms with Crippen LogP contribution in [0.3, 0.4) is 0 Å². The van der Waals surface area contributed by atoms with Gasteiger partial charge in [-0.05, 0) is 12.1 Å². The molecule has 1 aromatic rings. The van der Waals surface area contributed by atoms with Gasteiger partial charge in [-0.3, -0.25) is 0 Å². The van der Waals surface area contributed by atoms with Crippen molar-refractivity contribution in [2.75, 3.05) is 21.3 Å². The molecule has 0 aromatic heterocycles. The lowest BCUT2D eigenvalue weighted by Crippen LogP contribution is -2.59. The van der Waals surface area contributed by atoms with Gasteiger partial charge in [0.25, 0.3) is 0 Å². The average molecular weight is 269 g/mol. The van der Waals surface area contributed by atoms with Crippen LogP contribution in [-0.4, -0.2) is 50.1 Å². The van der Waals surface area contributed by atoms with Gasteiger partial charge in [0.15, 0.2) is 11.5 Å². The molecule has 1 aromatic carbocycles. The van der Waals surface area contributed by atoms with Crippen molar-refractivity contribution in [2.24, 2.45) is 5.73 Å². The van der Waals surface area contributed by atoms with E-state index in [1.54, 1.807) is 0 Å². The normalized spacial score (nSPS) is 14.7. The van der Waals surface area contributed by atoms with Crippen molar-refractivity contribution in [3.05, 3.63) is 17.7 Å². The third kappa shape index (κ3) is 2.76. The minimum Gasteiger partial charge on any atom is -0.493 e. The lowest BCUT2D eigenvalue weighted by atomic mass is 9.80. The molecule has 0 bridgehead atoms. The van der Waals surface area contributed by atoms with Gasteiger partial charge in [0.1, 0.15) is 13.5 Å². The van der Waals surface area contributed by atoms with Crippen LogP contribution in [0.5, 0.6) is 17.2 Å². The topological polar surface area (TPSA) is 114 Å². The number of methoxy groups -OCH3 is 3. The minimum atomic E-state index is -2.90. The molecule has 0 aliphatic carbocycles. The van der Waals surface area contributed by atoms with Crippen LogP contribution in [0.1, 0.15) is 5.56 Å². The number of nitrogens with two attached hydrogens (primary N) is 1. The van der Waals surface area contributed by atoms with E-state index >= 15 is 0 Å². The van der Waals surface area contributed by atoms with Crippen molar-refractivity contribution >= 4 is 7.85 Å². The van der Waals surface area contributed by atoms with Crippen LogP contribution in [0, 0.1) is 0 Å². The molecule has 2 radical (unpaired) electrons. The first-order valence-electron chi connectivity index (χ1n) is 5.24. The molecule has 0 spiro atoms. The van der Waals surface area contributed by atoms with Gasteiger partial charge in [-0.2, -0.15) is 0 Å². The maximum absolute atomic E-state index is 9.83. The second-order valence-corrected chi connectivity index (χ2v) is 3.91. The first-order chi connectivity index (χ1) is 8.68. The molecular weight excluding hydrogens is 253 g/mol. The average Bonchev–Trinajstić information content (AvgIpc) is 2.35. The molecule has 0 aliphatic rings. The molecule has 1 rings (SSSR count). The van der Waals surface area contributed by atoms with E-state index in [-0.39, 0.29) is 22.8 Å². The third-order valence-corrected chi connectivity index (χ3v) is 2.63. The van der Waals surface area contributed by atoms with Gasteiger partial charge in [-0.25, -0.2) is 0 Å². The van der Waals surface area contributed by atoms with Crippen LogP contribution < -0.4 is 19.9 Å². The van der Waals surface area contributed by atoms with E-state index in [2.05, 4.69) is 0 Å². The van der Waals surface area contributed by atoms with E-state index < -0.39 is 11.4 Å². The first kappa shape index (κ1) is 15.6. The Hall–Kier alpha value is -1.48. The second-order valence-electron chi connectivity index (χ2n) is 3.91. The molecule has 0 amide bonds. The van der Waals surface area contributed by atoms with E-state index in [4.69, 9.17) is 27.8 Å². The minimum absolute atomic E-state index is 0.161. The fourth-order valence-electron chi connectivity index (χ4n) is 1.51. The van der Waals surface area contributed by atoms with E-state index in [9.17, 15) is 15.3 Å². The maximum Gasteiger partial charge on any atom is 0.223 e. The molecule has 104 valence electrons. The molecule has 1 atom stereocenters. The zero-order valence-electron chi connectivity index (χ0n) is 10.9. The standard InChI is InChI=1S/C11H16BNO6/c1-17-7-4-6(10(14,15)11(12,13)16)5-8(18-2)9(7)19-3/h4-5,14-16H,13H2,1-3H3. The van der Waals surface area contributed by atoms with Crippen LogP contribution in [0.25, 0.3) is 0 Å². The predicted molar refractivity (Wildman–Crippen MR) is 67.1 cm³/mol. The van der Waals surface area contributed by atoms with Crippen LogP contribution in [-0.2, 0) is 5.79 Å². The Morgan fingerprint density at radius 2 is 1.42 bits per heavy atom. The van der Waals surface area contributed by atoms with E-state index in [1.807, 2.05) is 0 Å². The molecule has 0 aliphatic heterocycles. The van der Waals surface area contributed by atoms with Crippen molar-refractivity contribution in [2.45, 2.75) is 11.4 Å². The van der Waals surface area contributed by atoms with Gasteiger partial charge in [0.2, 0.25) is 11.5 Å². The lowest BCUT2D eigenvalue weighted by molar-refractivity contribution is -0.251. The van der Waals surface area contributed by atoms with Crippen molar-refractivity contribution in [3.8, 4) is 17.2 Å². The molecule has 0 saturated heterocycles. The zero-order valence-corrected chi connectivity index (χ0v) is 10.9. The Bertz CT molecular complexity index is 432. The van der Waals surface area contributed by atoms with E-state index in [1.165, 1.54) is 33.5 Å². The Kier molecular flexibility index (Phi) is 4.31. The molecule has 0 saturated carbocycles. The molecule has 7 nitrogen and oxygen atoms in total. The highest BCUT2D eigenvalue weighted by Gasteiger charge is 2.43. The number of rotatable bonds is 5. The largest absolute Gasteiger partial charge is 0.493 e. The highest BCUT2D eigenvalue weighted by atomic mass is 16.5. The SMILES string of the molecule is [B]C(N)(O)C(O)(O)c1cc(OC)c(OC)c(OC)c1. The summed E-state index contributed by atoms with van der Waals surface area (Å²) >= 11 is 0. The summed E-state index contributed by atoms with van der Waals surface area (Å²) in [5.74, 6) is -2.33. The lowest BCUT2D eigenvalue weighted by Gasteiger charge is -2.34. The molecule has 0 fully saturated rings. The van der Waals surface area contributed by atoms with Gasteiger partial charge in [-0.1, -0.05) is 0 Å². The second kappa shape index (κ2) is 5.26. The molecular formula is C11H16BNO6. The van der Waals surface area contributed by atoms with Crippen LogP contribution in [0.15, 0.2) is 12.1 Å². The summed E-state index contributed by atoms with van der Waals surface area (Å²) in [6.07, 6.45) is 0. The highest BCUT2D eigenvalue weighted by molar-refractivity contribution is 6.14. The van der Waals surface area contributed by atoms with Crippen molar-refractivity contribution < 1.29 is 29.5 Å². The monoisotopic (exact) mass is 269 g/mol. The van der Waals surface area contributed by atoms with Gasteiger partial charge in [0, 0.05) is 5.56 Å².